The second-order valence-electron chi connectivity index (χ2n) is 6.24. The van der Waals surface area contributed by atoms with Gasteiger partial charge in [-0.15, -0.1) is 11.3 Å². The summed E-state index contributed by atoms with van der Waals surface area (Å²) >= 11 is 1.59. The molecular formula is C18H15N3OS. The van der Waals surface area contributed by atoms with E-state index in [1.807, 2.05) is 24.4 Å². The van der Waals surface area contributed by atoms with Gasteiger partial charge in [0.15, 0.2) is 0 Å². The molecule has 1 saturated heterocycles. The van der Waals surface area contributed by atoms with Crippen LogP contribution in [0.25, 0.3) is 10.1 Å². The van der Waals surface area contributed by atoms with Crippen LogP contribution >= 0.6 is 11.3 Å². The minimum Gasteiger partial charge on any atom is -0.327 e. The minimum absolute atomic E-state index is 0.141. The highest BCUT2D eigenvalue weighted by molar-refractivity contribution is 7.20. The predicted molar refractivity (Wildman–Crippen MR) is 89.5 cm³/mol. The van der Waals surface area contributed by atoms with Crippen molar-refractivity contribution in [3.63, 3.8) is 0 Å². The van der Waals surface area contributed by atoms with Gasteiger partial charge in [0.05, 0.1) is 16.6 Å². The smallest absolute Gasteiger partial charge is 0.264 e. The van der Waals surface area contributed by atoms with Crippen molar-refractivity contribution in [2.24, 2.45) is 0 Å². The van der Waals surface area contributed by atoms with Gasteiger partial charge < -0.3 is 4.90 Å². The van der Waals surface area contributed by atoms with Gasteiger partial charge in [-0.25, -0.2) is 9.97 Å². The lowest BCUT2D eigenvalue weighted by molar-refractivity contribution is 0.0649. The van der Waals surface area contributed by atoms with E-state index < -0.39 is 0 Å². The number of amides is 1. The van der Waals surface area contributed by atoms with Crippen LogP contribution < -0.4 is 0 Å². The standard InChI is InChI=1S/C18H15N3OS/c22-18(17-7-11-3-1-2-4-16(11)23-17)21-12-5-6-15(21)13-9-19-10-20-14(13)8-12/h1-4,7,9-10,12,15H,5-6,8H2. The topological polar surface area (TPSA) is 46.1 Å². The second-order valence-corrected chi connectivity index (χ2v) is 7.32. The average molecular weight is 321 g/mol. The minimum atomic E-state index is 0.141. The molecule has 0 aliphatic carbocycles. The maximum Gasteiger partial charge on any atom is 0.264 e. The maximum atomic E-state index is 13.1. The molecule has 0 saturated carbocycles. The first-order valence-corrected chi connectivity index (χ1v) is 8.73. The molecule has 2 atom stereocenters. The number of benzene rings is 1. The van der Waals surface area contributed by atoms with Crippen LogP contribution in [0.3, 0.4) is 0 Å². The van der Waals surface area contributed by atoms with Crippen LogP contribution in [0.15, 0.2) is 42.9 Å². The van der Waals surface area contributed by atoms with Crippen molar-refractivity contribution in [2.75, 3.05) is 0 Å². The zero-order valence-corrected chi connectivity index (χ0v) is 13.3. The van der Waals surface area contributed by atoms with E-state index in [1.54, 1.807) is 17.7 Å². The average Bonchev–Trinajstić information content (AvgIpc) is 3.15. The van der Waals surface area contributed by atoms with Crippen LogP contribution in [0, 0.1) is 0 Å². The summed E-state index contributed by atoms with van der Waals surface area (Å²) in [4.78, 5) is 24.6. The fourth-order valence-electron chi connectivity index (χ4n) is 3.95. The Labute approximate surface area is 137 Å². The highest BCUT2D eigenvalue weighted by Crippen LogP contribution is 2.44. The Bertz CT molecular complexity index is 886. The molecule has 0 N–H and O–H groups in total. The number of fused-ring (bicyclic) bond motifs is 5. The summed E-state index contributed by atoms with van der Waals surface area (Å²) < 4.78 is 1.17. The third kappa shape index (κ3) is 1.93. The Kier molecular flexibility index (Phi) is 2.79. The molecule has 4 heterocycles. The molecule has 0 spiro atoms. The number of hydrogen-bond donors (Lipinski definition) is 0. The number of carbonyl (C=O) groups is 1. The quantitative estimate of drug-likeness (QED) is 0.688. The highest BCUT2D eigenvalue weighted by atomic mass is 32.1. The van der Waals surface area contributed by atoms with E-state index in [4.69, 9.17) is 0 Å². The van der Waals surface area contributed by atoms with Crippen LogP contribution in [-0.4, -0.2) is 26.8 Å². The molecule has 1 amide bonds. The highest BCUT2D eigenvalue weighted by Gasteiger charge is 2.43. The lowest BCUT2D eigenvalue weighted by atomic mass is 9.99. The molecule has 2 aliphatic rings. The summed E-state index contributed by atoms with van der Waals surface area (Å²) in [7, 11) is 0. The first-order chi connectivity index (χ1) is 11.3. The molecule has 5 rings (SSSR count). The van der Waals surface area contributed by atoms with Crippen molar-refractivity contribution in [1.82, 2.24) is 14.9 Å². The fourth-order valence-corrected chi connectivity index (χ4v) is 4.96. The van der Waals surface area contributed by atoms with Crippen molar-refractivity contribution < 1.29 is 4.79 Å². The molecule has 2 bridgehead atoms. The van der Waals surface area contributed by atoms with E-state index in [-0.39, 0.29) is 18.0 Å². The summed E-state index contributed by atoms with van der Waals surface area (Å²) in [6.45, 7) is 0. The molecule has 23 heavy (non-hydrogen) atoms. The Morgan fingerprint density at radius 2 is 2.17 bits per heavy atom. The van der Waals surface area contributed by atoms with Crippen molar-refractivity contribution in [3.8, 4) is 0 Å². The molecule has 0 radical (unpaired) electrons. The normalized spacial score (nSPS) is 22.3. The van der Waals surface area contributed by atoms with Crippen molar-refractivity contribution >= 4 is 27.3 Å². The lowest BCUT2D eigenvalue weighted by Gasteiger charge is -2.35. The third-order valence-electron chi connectivity index (χ3n) is 4.99. The molecule has 2 aromatic heterocycles. The maximum absolute atomic E-state index is 13.1. The third-order valence-corrected chi connectivity index (χ3v) is 6.09. The summed E-state index contributed by atoms with van der Waals surface area (Å²) in [6.07, 6.45) is 6.42. The molecule has 5 heteroatoms. The number of aromatic nitrogens is 2. The van der Waals surface area contributed by atoms with Crippen LogP contribution in [-0.2, 0) is 6.42 Å². The van der Waals surface area contributed by atoms with Gasteiger partial charge in [-0.05, 0) is 30.4 Å². The molecule has 2 aliphatic heterocycles. The van der Waals surface area contributed by atoms with Gasteiger partial charge in [-0.1, -0.05) is 18.2 Å². The molecule has 1 aromatic carbocycles. The largest absolute Gasteiger partial charge is 0.327 e. The van der Waals surface area contributed by atoms with Gasteiger partial charge in [0.25, 0.3) is 5.91 Å². The van der Waals surface area contributed by atoms with E-state index >= 15 is 0 Å². The first-order valence-electron chi connectivity index (χ1n) is 7.91. The van der Waals surface area contributed by atoms with Crippen molar-refractivity contribution in [1.29, 1.82) is 0 Å². The second kappa shape index (κ2) is 4.86. The van der Waals surface area contributed by atoms with E-state index in [0.717, 1.165) is 40.8 Å². The van der Waals surface area contributed by atoms with Crippen LogP contribution in [0.5, 0.6) is 0 Å². The predicted octanol–water partition coefficient (Wildman–Crippen LogP) is 3.59. The SMILES string of the molecule is O=C(c1cc2ccccc2s1)N1C2CCC1c1cncnc1C2. The van der Waals surface area contributed by atoms with E-state index in [2.05, 4.69) is 27.0 Å². The summed E-state index contributed by atoms with van der Waals surface area (Å²) in [5, 5.41) is 1.15. The zero-order chi connectivity index (χ0) is 15.4. The van der Waals surface area contributed by atoms with Crippen LogP contribution in [0.1, 0.15) is 39.8 Å². The Hall–Kier alpha value is -2.27. The van der Waals surface area contributed by atoms with E-state index in [9.17, 15) is 4.79 Å². The number of hydrogen-bond acceptors (Lipinski definition) is 4. The zero-order valence-electron chi connectivity index (χ0n) is 12.5. The van der Waals surface area contributed by atoms with Crippen LogP contribution in [0.2, 0.25) is 0 Å². The molecule has 1 fully saturated rings. The van der Waals surface area contributed by atoms with Gasteiger partial charge in [0.2, 0.25) is 0 Å². The molecular weight excluding hydrogens is 306 g/mol. The molecule has 114 valence electrons. The summed E-state index contributed by atoms with van der Waals surface area (Å²) in [6, 6.07) is 10.6. The van der Waals surface area contributed by atoms with Gasteiger partial charge in [0, 0.05) is 28.9 Å². The number of thiophene rings is 1. The van der Waals surface area contributed by atoms with Gasteiger partial charge in [-0.2, -0.15) is 0 Å². The summed E-state index contributed by atoms with van der Waals surface area (Å²) in [5.41, 5.74) is 2.25. The van der Waals surface area contributed by atoms with E-state index in [0.29, 0.717) is 0 Å². The van der Waals surface area contributed by atoms with E-state index in [1.165, 1.54) is 4.70 Å². The van der Waals surface area contributed by atoms with Crippen molar-refractivity contribution in [2.45, 2.75) is 31.3 Å². The Balaban J connectivity index is 1.56. The lowest BCUT2D eigenvalue weighted by Crippen LogP contribution is -2.42. The van der Waals surface area contributed by atoms with Crippen molar-refractivity contribution in [3.05, 3.63) is 59.0 Å². The fraction of sp³-hybridized carbons (Fsp3) is 0.278. The number of rotatable bonds is 1. The Morgan fingerprint density at radius 1 is 1.26 bits per heavy atom. The van der Waals surface area contributed by atoms with Gasteiger partial charge in [-0.3, -0.25) is 4.79 Å². The molecule has 2 unspecified atom stereocenters. The van der Waals surface area contributed by atoms with Crippen LogP contribution in [0.4, 0.5) is 0 Å². The van der Waals surface area contributed by atoms with Gasteiger partial charge in [0.1, 0.15) is 6.33 Å². The number of carbonyl (C=O) groups excluding carboxylic acids is 1. The first kappa shape index (κ1) is 13.2. The number of nitrogens with zero attached hydrogens (tertiary/aromatic N) is 3. The Morgan fingerprint density at radius 3 is 3.09 bits per heavy atom. The monoisotopic (exact) mass is 321 g/mol. The summed E-state index contributed by atoms with van der Waals surface area (Å²) in [5.74, 6) is 0.160. The molecule has 4 nitrogen and oxygen atoms in total. The van der Waals surface area contributed by atoms with Gasteiger partial charge >= 0.3 is 0 Å². The molecule has 3 aromatic rings.